The van der Waals surface area contributed by atoms with Gasteiger partial charge in [-0.25, -0.2) is 4.39 Å². The van der Waals surface area contributed by atoms with E-state index in [0.717, 1.165) is 44.6 Å². The average molecular weight is 323 g/mol. The van der Waals surface area contributed by atoms with Gasteiger partial charge in [0.1, 0.15) is 5.82 Å². The van der Waals surface area contributed by atoms with Gasteiger partial charge in [0.25, 0.3) is 0 Å². The number of benzene rings is 1. The molecule has 1 aromatic carbocycles. The van der Waals surface area contributed by atoms with Crippen LogP contribution in [0.4, 0.5) is 4.39 Å². The van der Waals surface area contributed by atoms with E-state index in [1.807, 2.05) is 13.0 Å². The van der Waals surface area contributed by atoms with Crippen LogP contribution in [-0.2, 0) is 0 Å². The molecule has 1 heterocycles. The fourth-order valence-corrected chi connectivity index (χ4v) is 2.79. The maximum Gasteiger partial charge on any atom is 0.126 e. The molecule has 1 N–H and O–H groups in total. The van der Waals surface area contributed by atoms with Gasteiger partial charge in [-0.3, -0.25) is 4.90 Å². The van der Waals surface area contributed by atoms with Crippen LogP contribution in [0.15, 0.2) is 18.2 Å². The molecule has 20 heavy (non-hydrogen) atoms. The van der Waals surface area contributed by atoms with Gasteiger partial charge in [-0.15, -0.1) is 24.8 Å². The number of halogens is 3. The predicted molar refractivity (Wildman–Crippen MR) is 87.7 cm³/mol. The number of nitrogens with one attached hydrogen (secondary N) is 1. The van der Waals surface area contributed by atoms with Crippen LogP contribution < -0.4 is 5.32 Å². The Balaban J connectivity index is 0.00000180. The molecular formula is C15H25Cl2FN2. The number of rotatable bonds is 4. The van der Waals surface area contributed by atoms with Crippen LogP contribution in [0.25, 0.3) is 0 Å². The lowest BCUT2D eigenvalue weighted by Crippen LogP contribution is -2.45. The number of hydrogen-bond acceptors (Lipinski definition) is 2. The first-order valence-electron chi connectivity index (χ1n) is 6.93. The van der Waals surface area contributed by atoms with Gasteiger partial charge in [0.2, 0.25) is 0 Å². The van der Waals surface area contributed by atoms with E-state index >= 15 is 0 Å². The second-order valence-electron chi connectivity index (χ2n) is 5.04. The molecule has 0 unspecified atom stereocenters. The van der Waals surface area contributed by atoms with Crippen LogP contribution in [0.1, 0.15) is 36.9 Å². The number of nitrogens with zero attached hydrogens (tertiary/aromatic N) is 1. The van der Waals surface area contributed by atoms with E-state index in [4.69, 9.17) is 0 Å². The molecule has 1 aliphatic rings. The van der Waals surface area contributed by atoms with Gasteiger partial charge in [0.05, 0.1) is 0 Å². The van der Waals surface area contributed by atoms with Gasteiger partial charge >= 0.3 is 0 Å². The average Bonchev–Trinajstić information content (AvgIpc) is 2.41. The lowest BCUT2D eigenvalue weighted by Gasteiger charge is -2.36. The summed E-state index contributed by atoms with van der Waals surface area (Å²) >= 11 is 0. The van der Waals surface area contributed by atoms with Crippen molar-refractivity contribution in [2.75, 3.05) is 26.2 Å². The molecule has 1 fully saturated rings. The lowest BCUT2D eigenvalue weighted by molar-refractivity contribution is 0.164. The van der Waals surface area contributed by atoms with E-state index in [0.29, 0.717) is 6.04 Å². The van der Waals surface area contributed by atoms with E-state index in [2.05, 4.69) is 23.2 Å². The molecule has 0 amide bonds. The summed E-state index contributed by atoms with van der Waals surface area (Å²) in [4.78, 5) is 2.49. The van der Waals surface area contributed by atoms with E-state index in [1.54, 1.807) is 6.07 Å². The van der Waals surface area contributed by atoms with Crippen molar-refractivity contribution in [1.29, 1.82) is 0 Å². The van der Waals surface area contributed by atoms with Crippen LogP contribution in [0, 0.1) is 12.7 Å². The number of hydrogen-bond donors (Lipinski definition) is 1. The first-order valence-corrected chi connectivity index (χ1v) is 6.93. The Bertz CT molecular complexity index is 395. The monoisotopic (exact) mass is 322 g/mol. The molecule has 0 aliphatic carbocycles. The third-order valence-electron chi connectivity index (χ3n) is 3.82. The maximum absolute atomic E-state index is 13.7. The minimum Gasteiger partial charge on any atom is -0.314 e. The van der Waals surface area contributed by atoms with Crippen molar-refractivity contribution in [2.45, 2.75) is 32.7 Å². The highest BCUT2D eigenvalue weighted by Crippen LogP contribution is 2.29. The molecule has 2 nitrogen and oxygen atoms in total. The molecule has 2 rings (SSSR count). The fraction of sp³-hybridized carbons (Fsp3) is 0.600. The first-order chi connectivity index (χ1) is 8.74. The maximum atomic E-state index is 13.7. The van der Waals surface area contributed by atoms with Crippen molar-refractivity contribution in [1.82, 2.24) is 10.2 Å². The van der Waals surface area contributed by atoms with Gasteiger partial charge in [-0.2, -0.15) is 0 Å². The van der Waals surface area contributed by atoms with Gasteiger partial charge < -0.3 is 5.32 Å². The summed E-state index contributed by atoms with van der Waals surface area (Å²) in [6.45, 7) is 8.28. The first kappa shape index (κ1) is 19.7. The summed E-state index contributed by atoms with van der Waals surface area (Å²) < 4.78 is 13.7. The molecule has 1 atom stereocenters. The zero-order chi connectivity index (χ0) is 13.0. The highest BCUT2D eigenvalue weighted by Gasteiger charge is 2.23. The molecule has 0 radical (unpaired) electrons. The summed E-state index contributed by atoms with van der Waals surface area (Å²) in [5, 5.41) is 3.37. The Kier molecular flexibility index (Phi) is 9.39. The Hall–Kier alpha value is -0.350. The molecule has 1 saturated heterocycles. The Labute approximate surface area is 133 Å². The SMILES string of the molecule is CCC[C@H](c1cccc(F)c1C)N1CCNCC1.Cl.Cl. The highest BCUT2D eigenvalue weighted by atomic mass is 35.5. The number of piperazine rings is 1. The molecule has 0 spiro atoms. The van der Waals surface area contributed by atoms with Crippen molar-refractivity contribution in [2.24, 2.45) is 0 Å². The van der Waals surface area contributed by atoms with Crippen molar-refractivity contribution in [3.8, 4) is 0 Å². The third kappa shape index (κ3) is 4.59. The normalized spacial score (nSPS) is 16.9. The minimum absolute atomic E-state index is 0. The second kappa shape index (κ2) is 9.56. The molecule has 116 valence electrons. The zero-order valence-electron chi connectivity index (χ0n) is 12.2. The minimum atomic E-state index is -0.0799. The summed E-state index contributed by atoms with van der Waals surface area (Å²) in [7, 11) is 0. The van der Waals surface area contributed by atoms with Crippen LogP contribution in [0.5, 0.6) is 0 Å². The molecule has 1 aliphatic heterocycles. The smallest absolute Gasteiger partial charge is 0.126 e. The van der Waals surface area contributed by atoms with Crippen LogP contribution in [-0.4, -0.2) is 31.1 Å². The molecule has 0 bridgehead atoms. The third-order valence-corrected chi connectivity index (χ3v) is 3.82. The Morgan fingerprint density at radius 1 is 1.25 bits per heavy atom. The summed E-state index contributed by atoms with van der Waals surface area (Å²) in [6.07, 6.45) is 2.23. The van der Waals surface area contributed by atoms with Crippen molar-refractivity contribution in [3.63, 3.8) is 0 Å². The molecule has 0 aromatic heterocycles. The molecule has 0 saturated carbocycles. The van der Waals surface area contributed by atoms with Gasteiger partial charge in [0, 0.05) is 32.2 Å². The Morgan fingerprint density at radius 3 is 2.50 bits per heavy atom. The standard InChI is InChI=1S/C15H23FN2.2ClH/c1-3-5-15(18-10-8-17-9-11-18)13-6-4-7-14(16)12(13)2;;/h4,6-7,15,17H,3,5,8-11H2,1-2H3;2*1H/t15-;;/m1../s1. The van der Waals surface area contributed by atoms with E-state index in [-0.39, 0.29) is 30.6 Å². The van der Waals surface area contributed by atoms with Crippen molar-refractivity contribution >= 4 is 24.8 Å². The van der Waals surface area contributed by atoms with E-state index in [1.165, 1.54) is 5.56 Å². The summed E-state index contributed by atoms with van der Waals surface area (Å²) in [6, 6.07) is 5.84. The topological polar surface area (TPSA) is 15.3 Å². The summed E-state index contributed by atoms with van der Waals surface area (Å²) in [5.74, 6) is -0.0799. The largest absolute Gasteiger partial charge is 0.314 e. The van der Waals surface area contributed by atoms with E-state index < -0.39 is 0 Å². The fourth-order valence-electron chi connectivity index (χ4n) is 2.79. The van der Waals surface area contributed by atoms with Crippen molar-refractivity contribution < 1.29 is 4.39 Å². The van der Waals surface area contributed by atoms with Gasteiger partial charge in [-0.05, 0) is 30.5 Å². The van der Waals surface area contributed by atoms with Crippen LogP contribution >= 0.6 is 24.8 Å². The Morgan fingerprint density at radius 2 is 1.90 bits per heavy atom. The van der Waals surface area contributed by atoms with Crippen LogP contribution in [0.3, 0.4) is 0 Å². The second-order valence-corrected chi connectivity index (χ2v) is 5.04. The quantitative estimate of drug-likeness (QED) is 0.908. The highest BCUT2D eigenvalue weighted by molar-refractivity contribution is 5.85. The summed E-state index contributed by atoms with van der Waals surface area (Å²) in [5.41, 5.74) is 1.98. The lowest BCUT2D eigenvalue weighted by atomic mass is 9.95. The molecular weight excluding hydrogens is 298 g/mol. The van der Waals surface area contributed by atoms with Gasteiger partial charge in [0.15, 0.2) is 0 Å². The van der Waals surface area contributed by atoms with Gasteiger partial charge in [-0.1, -0.05) is 25.5 Å². The van der Waals surface area contributed by atoms with E-state index in [9.17, 15) is 4.39 Å². The predicted octanol–water partition coefficient (Wildman–Crippen LogP) is 3.72. The van der Waals surface area contributed by atoms with Crippen molar-refractivity contribution in [3.05, 3.63) is 35.1 Å². The van der Waals surface area contributed by atoms with Crippen LogP contribution in [0.2, 0.25) is 0 Å². The molecule has 5 heteroatoms. The molecule has 1 aromatic rings. The zero-order valence-corrected chi connectivity index (χ0v) is 13.8.